The maximum Gasteiger partial charge on any atom is 0.291 e. The summed E-state index contributed by atoms with van der Waals surface area (Å²) in [4.78, 5) is 69.1. The zero-order chi connectivity index (χ0) is 84.3. The van der Waals surface area contributed by atoms with Gasteiger partial charge in [0.2, 0.25) is 0 Å². The van der Waals surface area contributed by atoms with Crippen LogP contribution < -0.4 is 21.3 Å². The predicted molar refractivity (Wildman–Crippen MR) is 449 cm³/mol. The highest BCUT2D eigenvalue weighted by atomic mass is 16.5. The third-order valence-corrected chi connectivity index (χ3v) is 21.2. The average Bonchev–Trinajstić information content (AvgIpc) is 1.65. The molecule has 4 fully saturated rings. The van der Waals surface area contributed by atoms with Crippen LogP contribution in [0, 0.1) is 13.8 Å². The monoisotopic (exact) mass is 1660 g/mol. The summed E-state index contributed by atoms with van der Waals surface area (Å²) in [5, 5.41) is 57.5. The van der Waals surface area contributed by atoms with Gasteiger partial charge in [-0.3, -0.25) is 78.2 Å². The van der Waals surface area contributed by atoms with Crippen LogP contribution in [0.3, 0.4) is 0 Å². The average molecular weight is 1660 g/mol. The van der Waals surface area contributed by atoms with Crippen LogP contribution in [-0.2, 0) is 18.9 Å². The van der Waals surface area contributed by atoms with Gasteiger partial charge in [0, 0.05) is 93.2 Å². The highest BCUT2D eigenvalue weighted by Crippen LogP contribution is 2.42. The number of aryl methyl sites for hydroxylation is 2. The summed E-state index contributed by atoms with van der Waals surface area (Å²) in [7, 11) is 0. The summed E-state index contributed by atoms with van der Waals surface area (Å²) < 4.78 is 52.7. The number of pyridine rings is 4. The van der Waals surface area contributed by atoms with Crippen molar-refractivity contribution in [2.24, 2.45) is 0 Å². The number of rotatable bonds is 26. The van der Waals surface area contributed by atoms with E-state index in [0.29, 0.717) is 124 Å². The van der Waals surface area contributed by atoms with Gasteiger partial charge >= 0.3 is 0 Å². The number of nitrogens with one attached hydrogen (secondary N) is 8. The summed E-state index contributed by atoms with van der Waals surface area (Å²) >= 11 is 0. The molecule has 36 heteroatoms. The van der Waals surface area contributed by atoms with Crippen LogP contribution >= 0.6 is 0 Å². The molecule has 1 aliphatic heterocycles. The minimum atomic E-state index is -0.362. The van der Waals surface area contributed by atoms with E-state index in [1.165, 1.54) is 0 Å². The number of ether oxygens (including phenoxy) is 4. The van der Waals surface area contributed by atoms with E-state index < -0.39 is 0 Å². The molecule has 0 bridgehead atoms. The van der Waals surface area contributed by atoms with Crippen molar-refractivity contribution in [2.45, 2.75) is 116 Å². The van der Waals surface area contributed by atoms with Crippen LogP contribution in [0.1, 0.15) is 137 Å². The van der Waals surface area contributed by atoms with Gasteiger partial charge in [0.05, 0.1) is 148 Å². The lowest BCUT2D eigenvalue weighted by Gasteiger charge is -2.34. The molecule has 3 aliphatic carbocycles. The molecule has 0 spiro atoms. The minimum Gasteiger partial charge on any atom is -0.451 e. The molecular formula is C87H86N24O12. The molecule has 17 heterocycles. The zero-order valence-electron chi connectivity index (χ0n) is 67.5. The normalized spacial score (nSPS) is 17.0. The molecule has 3 saturated carbocycles. The standard InChI is InChI=1S/C23H24N6O3.2C22H22N6O3.C20H18N6O3/c1-3-31-16-10-15(11-16)29-13-19(22(28-29)18-6-4-5-9-24-18)26-23(30)21-8-7-20(32-21)17-12-25-27-14(17)2;2*1-2-30-16-9-15(10-16)28-13-18(21(27-28)17-5-3-4-8-23-17)26-22(29)20-7-6-19(31-20)14-11-24-25-12-14;1-12-14(8-22-24-12)17-5-6-18(29-17)20(27)23-16-9-26(13-10-28-11-13)25-19(16)15-4-2-3-7-21-15/h4-9,12-13,15-16H,3,10-11H2,1-2H3,(H,25,27)(H,26,30);2*3-8,11-13,15-16H,2,9-10H2,1H3,(H,24,25)(H,26,29);2-9,13H,10-11H2,1H3,(H,22,24)(H,23,27). The van der Waals surface area contributed by atoms with E-state index in [-0.39, 0.29) is 89.1 Å². The molecule has 16 aromatic rings. The third kappa shape index (κ3) is 18.3. The minimum absolute atomic E-state index is 0.155. The fourth-order valence-corrected chi connectivity index (χ4v) is 14.3. The smallest absolute Gasteiger partial charge is 0.291 e. The number of furan rings is 4. The van der Waals surface area contributed by atoms with Gasteiger partial charge in [0.25, 0.3) is 23.6 Å². The number of aromatic amines is 4. The Labute approximate surface area is 702 Å². The van der Waals surface area contributed by atoms with Gasteiger partial charge in [-0.15, -0.1) is 0 Å². The Hall–Kier alpha value is -14.9. The van der Waals surface area contributed by atoms with Crippen LogP contribution in [0.25, 0.3) is 90.8 Å². The molecule has 4 amide bonds. The number of hydrogen-bond donors (Lipinski definition) is 8. The van der Waals surface area contributed by atoms with Crippen LogP contribution in [0.2, 0.25) is 0 Å². The van der Waals surface area contributed by atoms with Crippen LogP contribution in [-0.4, -0.2) is 175 Å². The summed E-state index contributed by atoms with van der Waals surface area (Å²) in [5.74, 6) is 1.69. The van der Waals surface area contributed by atoms with Crippen molar-refractivity contribution in [2.75, 3.05) is 54.3 Å². The van der Waals surface area contributed by atoms with Crippen molar-refractivity contribution >= 4 is 46.4 Å². The van der Waals surface area contributed by atoms with E-state index in [1.54, 1.807) is 117 Å². The largest absolute Gasteiger partial charge is 0.451 e. The number of nitrogens with zero attached hydrogens (tertiary/aromatic N) is 16. The SMILES string of the molecule is CCOC1CC(n2cc(NC(=O)c3ccc(-c4cn[nH]c4)o3)c(-c3ccccn3)n2)C1.CCOC1CC(n2cc(NC(=O)c3ccc(-c4cn[nH]c4)o3)c(-c3ccccn3)n2)C1.CCOC1CC(n2cc(NC(=O)c3ccc(-c4cn[nH]c4C)o3)c(-c3ccccn3)n2)C1.Cc1[nH]ncc1-c1ccc(C(=O)Nc2cn(C3COC3)nc2-c2ccccn2)o1. The van der Waals surface area contributed by atoms with E-state index in [4.69, 9.17) is 51.9 Å². The Morgan fingerprint density at radius 2 is 0.683 bits per heavy atom. The van der Waals surface area contributed by atoms with Crippen molar-refractivity contribution in [3.8, 4) is 90.8 Å². The quantitative estimate of drug-likeness (QED) is 0.0250. The zero-order valence-corrected chi connectivity index (χ0v) is 67.5. The second-order valence-corrected chi connectivity index (χ2v) is 29.4. The lowest BCUT2D eigenvalue weighted by atomic mass is 9.89. The molecule has 0 radical (unpaired) electrons. The van der Waals surface area contributed by atoms with Crippen LogP contribution in [0.4, 0.5) is 22.7 Å². The molecule has 626 valence electrons. The van der Waals surface area contributed by atoms with Gasteiger partial charge in [-0.25, -0.2) is 0 Å². The number of amides is 4. The first-order chi connectivity index (χ1) is 60.2. The van der Waals surface area contributed by atoms with Gasteiger partial charge in [0.15, 0.2) is 23.0 Å². The molecule has 36 nitrogen and oxygen atoms in total. The highest BCUT2D eigenvalue weighted by Gasteiger charge is 2.37. The molecule has 8 N–H and O–H groups in total. The molecule has 0 unspecified atom stereocenters. The number of carbonyl (C=O) groups is 4. The maximum atomic E-state index is 13.0. The molecule has 20 rings (SSSR count). The molecule has 0 atom stereocenters. The van der Waals surface area contributed by atoms with Crippen LogP contribution in [0.5, 0.6) is 0 Å². The van der Waals surface area contributed by atoms with Gasteiger partial charge < -0.3 is 57.9 Å². The van der Waals surface area contributed by atoms with Crippen molar-refractivity contribution in [3.05, 3.63) is 243 Å². The summed E-state index contributed by atoms with van der Waals surface area (Å²) in [6, 6.07) is 36.8. The van der Waals surface area contributed by atoms with Crippen molar-refractivity contribution < 1.29 is 55.8 Å². The first-order valence-electron chi connectivity index (χ1n) is 40.3. The first-order valence-corrected chi connectivity index (χ1v) is 40.3. The van der Waals surface area contributed by atoms with E-state index in [1.807, 2.05) is 145 Å². The van der Waals surface area contributed by atoms with E-state index in [9.17, 15) is 19.2 Å². The Balaban J connectivity index is 0.000000116. The van der Waals surface area contributed by atoms with Crippen molar-refractivity contribution in [3.63, 3.8) is 0 Å². The summed E-state index contributed by atoms with van der Waals surface area (Å²) in [6.45, 7) is 13.1. The third-order valence-electron chi connectivity index (χ3n) is 21.2. The first kappa shape index (κ1) is 80.5. The maximum absolute atomic E-state index is 13.0. The van der Waals surface area contributed by atoms with Crippen molar-refractivity contribution in [1.29, 1.82) is 0 Å². The number of carbonyl (C=O) groups excluding carboxylic acids is 4. The fraction of sp³-hybridized carbons (Fsp3) is 0.264. The Morgan fingerprint density at radius 1 is 0.382 bits per heavy atom. The second-order valence-electron chi connectivity index (χ2n) is 29.4. The van der Waals surface area contributed by atoms with Crippen LogP contribution in [0.15, 0.2) is 226 Å². The summed E-state index contributed by atoms with van der Waals surface area (Å²) in [5.41, 5.74) is 12.5. The van der Waals surface area contributed by atoms with E-state index >= 15 is 0 Å². The summed E-state index contributed by atoms with van der Waals surface area (Å²) in [6.07, 6.45) is 30.4. The Morgan fingerprint density at radius 3 is 0.935 bits per heavy atom. The van der Waals surface area contributed by atoms with Gasteiger partial charge in [-0.2, -0.15) is 40.8 Å². The van der Waals surface area contributed by atoms with E-state index in [2.05, 4.69) is 87.1 Å². The molecule has 4 aliphatic rings. The van der Waals surface area contributed by atoms with Gasteiger partial charge in [0.1, 0.15) is 45.8 Å². The second kappa shape index (κ2) is 36.8. The lowest BCUT2D eigenvalue weighted by molar-refractivity contribution is -0.0285. The van der Waals surface area contributed by atoms with Gasteiger partial charge in [-0.05, 0) is 170 Å². The Kier molecular flexibility index (Phi) is 24.1. The van der Waals surface area contributed by atoms with Crippen molar-refractivity contribution in [1.82, 2.24) is 99.8 Å². The molecular weight excluding hydrogens is 1570 g/mol. The number of aromatic nitrogens is 20. The number of H-pyrrole nitrogens is 4. The number of anilines is 4. The highest BCUT2D eigenvalue weighted by molar-refractivity contribution is 6.07. The molecule has 1 saturated heterocycles. The Bertz CT molecular complexity index is 6010. The number of hydrogen-bond acceptors (Lipinski definition) is 24. The van der Waals surface area contributed by atoms with E-state index in [0.717, 1.165) is 72.2 Å². The topological polar surface area (TPSA) is 443 Å². The predicted octanol–water partition coefficient (Wildman–Crippen LogP) is 15.1. The molecule has 0 aromatic carbocycles. The lowest BCUT2D eigenvalue weighted by Crippen LogP contribution is -2.33. The van der Waals surface area contributed by atoms with Gasteiger partial charge in [-0.1, -0.05) is 24.3 Å². The molecule has 16 aromatic heterocycles. The fourth-order valence-electron chi connectivity index (χ4n) is 14.3. The molecule has 123 heavy (non-hydrogen) atoms.